The van der Waals surface area contributed by atoms with E-state index in [9.17, 15) is 0 Å². The fourth-order valence-electron chi connectivity index (χ4n) is 0.760. The first-order valence-electron chi connectivity index (χ1n) is 3.62. The number of rotatable bonds is 1. The number of hydrogen-bond acceptors (Lipinski definition) is 3. The van der Waals surface area contributed by atoms with Crippen LogP contribution in [0.25, 0.3) is 0 Å². The summed E-state index contributed by atoms with van der Waals surface area (Å²) in [5.74, 6) is 0.444. The lowest BCUT2D eigenvalue weighted by atomic mass is 10.2. The molecule has 0 saturated heterocycles. The molecule has 0 aliphatic heterocycles. The summed E-state index contributed by atoms with van der Waals surface area (Å²) in [6, 6.07) is 7.87. The topological polar surface area (TPSA) is 49.9 Å². The first-order valence-corrected chi connectivity index (χ1v) is 4.26. The lowest BCUT2D eigenvalue weighted by Gasteiger charge is -1.91. The molecule has 0 saturated carbocycles. The highest BCUT2D eigenvalue weighted by Gasteiger charge is 1.84. The van der Waals surface area contributed by atoms with Gasteiger partial charge >= 0.3 is 0 Å². The van der Waals surface area contributed by atoms with Gasteiger partial charge in [-0.3, -0.25) is 0 Å². The number of hydrogen-bond donors (Lipinski definition) is 3. The molecule has 0 fully saturated rings. The smallest absolute Gasteiger partial charge is 0.0362 e. The van der Waals surface area contributed by atoms with Gasteiger partial charge in [-0.1, -0.05) is 29.8 Å². The summed E-state index contributed by atoms with van der Waals surface area (Å²) in [4.78, 5) is 0. The lowest BCUT2D eigenvalue weighted by Crippen LogP contribution is -1.83. The number of aryl methyl sites for hydroxylation is 1. The van der Waals surface area contributed by atoms with Crippen LogP contribution in [0.4, 0.5) is 0 Å². The molecule has 1 aromatic rings. The van der Waals surface area contributed by atoms with Gasteiger partial charge in [-0.05, 0) is 12.5 Å². The standard InChI is InChI=1S/C8H9N.CH5NS/c1-7-3-2-4-8(5-7)6-9;2-1-3/h2-6,9H,1H3;3H,1-2H2. The Balaban J connectivity index is 0.000000354. The summed E-state index contributed by atoms with van der Waals surface area (Å²) in [5.41, 5.74) is 6.88. The van der Waals surface area contributed by atoms with Gasteiger partial charge in [0.05, 0.1) is 0 Å². The normalized spacial score (nSPS) is 8.25. The van der Waals surface area contributed by atoms with Crippen LogP contribution in [0.3, 0.4) is 0 Å². The van der Waals surface area contributed by atoms with Crippen LogP contribution in [0, 0.1) is 12.3 Å². The van der Waals surface area contributed by atoms with Gasteiger partial charge in [0.1, 0.15) is 0 Å². The van der Waals surface area contributed by atoms with E-state index < -0.39 is 0 Å². The van der Waals surface area contributed by atoms with Crippen molar-refractivity contribution >= 4 is 18.8 Å². The van der Waals surface area contributed by atoms with Gasteiger partial charge in [0, 0.05) is 12.1 Å². The highest BCUT2D eigenvalue weighted by atomic mass is 32.1. The number of benzene rings is 1. The molecule has 0 amide bonds. The van der Waals surface area contributed by atoms with Gasteiger partial charge < -0.3 is 11.1 Å². The van der Waals surface area contributed by atoms with Crippen LogP contribution in [-0.4, -0.2) is 12.1 Å². The van der Waals surface area contributed by atoms with E-state index in [1.807, 2.05) is 31.2 Å². The summed E-state index contributed by atoms with van der Waals surface area (Å²) in [6.45, 7) is 2.02. The monoisotopic (exact) mass is 182 g/mol. The van der Waals surface area contributed by atoms with Crippen molar-refractivity contribution < 1.29 is 0 Å². The Bertz CT molecular complexity index is 236. The van der Waals surface area contributed by atoms with E-state index in [1.165, 1.54) is 11.8 Å². The number of nitrogens with two attached hydrogens (primary N) is 1. The molecule has 2 nitrogen and oxygen atoms in total. The second-order valence-electron chi connectivity index (χ2n) is 2.24. The zero-order valence-electron chi connectivity index (χ0n) is 7.12. The lowest BCUT2D eigenvalue weighted by molar-refractivity contribution is 1.41. The van der Waals surface area contributed by atoms with Crippen molar-refractivity contribution in [2.24, 2.45) is 5.73 Å². The predicted octanol–water partition coefficient (Wildman–Crippen LogP) is 1.83. The molecule has 3 N–H and O–H groups in total. The van der Waals surface area contributed by atoms with Crippen LogP contribution in [0.15, 0.2) is 24.3 Å². The molecular weight excluding hydrogens is 168 g/mol. The third-order valence-corrected chi connectivity index (χ3v) is 1.21. The minimum absolute atomic E-state index is 0.444. The molecule has 0 spiro atoms. The maximum atomic E-state index is 6.92. The molecule has 0 unspecified atom stereocenters. The summed E-state index contributed by atoms with van der Waals surface area (Å²) >= 11 is 3.57. The Morgan fingerprint density at radius 2 is 2.17 bits per heavy atom. The van der Waals surface area contributed by atoms with E-state index >= 15 is 0 Å². The molecule has 0 aliphatic carbocycles. The van der Waals surface area contributed by atoms with E-state index in [0.717, 1.165) is 5.56 Å². The van der Waals surface area contributed by atoms with Crippen molar-refractivity contribution in [1.82, 2.24) is 0 Å². The number of thiol groups is 1. The van der Waals surface area contributed by atoms with Gasteiger partial charge in [0.2, 0.25) is 0 Å². The minimum Gasteiger partial charge on any atom is -0.322 e. The van der Waals surface area contributed by atoms with Gasteiger partial charge in [-0.2, -0.15) is 12.6 Å². The Hall–Kier alpha value is -0.800. The minimum atomic E-state index is 0.444. The molecule has 0 atom stereocenters. The Morgan fingerprint density at radius 1 is 1.58 bits per heavy atom. The first kappa shape index (κ1) is 11.2. The van der Waals surface area contributed by atoms with Crippen molar-refractivity contribution in [3.8, 4) is 0 Å². The molecule has 0 aliphatic rings. The quantitative estimate of drug-likeness (QED) is 0.346. The third-order valence-electron chi connectivity index (χ3n) is 1.21. The van der Waals surface area contributed by atoms with Crippen molar-refractivity contribution in [2.75, 3.05) is 5.88 Å². The van der Waals surface area contributed by atoms with E-state index in [2.05, 4.69) is 12.6 Å². The summed E-state index contributed by atoms with van der Waals surface area (Å²) < 4.78 is 0. The zero-order chi connectivity index (χ0) is 9.40. The maximum absolute atomic E-state index is 6.92. The van der Waals surface area contributed by atoms with E-state index in [1.54, 1.807) is 0 Å². The fourth-order valence-corrected chi connectivity index (χ4v) is 0.760. The highest BCUT2D eigenvalue weighted by Crippen LogP contribution is 1.99. The summed E-state index contributed by atoms with van der Waals surface area (Å²) in [6.07, 6.45) is 1.35. The van der Waals surface area contributed by atoms with Gasteiger partial charge in [-0.15, -0.1) is 0 Å². The SMILES string of the molecule is Cc1cccc(C=N)c1.NCS. The van der Waals surface area contributed by atoms with Crippen LogP contribution in [-0.2, 0) is 0 Å². The van der Waals surface area contributed by atoms with E-state index in [-0.39, 0.29) is 0 Å². The highest BCUT2D eigenvalue weighted by molar-refractivity contribution is 7.80. The molecule has 12 heavy (non-hydrogen) atoms. The van der Waals surface area contributed by atoms with Crippen LogP contribution in [0.2, 0.25) is 0 Å². The number of nitrogens with one attached hydrogen (secondary N) is 1. The second-order valence-corrected chi connectivity index (χ2v) is 2.61. The fraction of sp³-hybridized carbons (Fsp3) is 0.222. The van der Waals surface area contributed by atoms with Crippen LogP contribution >= 0.6 is 12.6 Å². The molecule has 66 valence electrons. The van der Waals surface area contributed by atoms with Crippen LogP contribution in [0.5, 0.6) is 0 Å². The Labute approximate surface area is 78.7 Å². The van der Waals surface area contributed by atoms with Crippen LogP contribution in [0.1, 0.15) is 11.1 Å². The van der Waals surface area contributed by atoms with Gasteiger partial charge in [-0.25, -0.2) is 0 Å². The average molecular weight is 182 g/mol. The van der Waals surface area contributed by atoms with Crippen molar-refractivity contribution in [1.29, 1.82) is 5.41 Å². The summed E-state index contributed by atoms with van der Waals surface area (Å²) in [7, 11) is 0. The van der Waals surface area contributed by atoms with E-state index in [0.29, 0.717) is 5.88 Å². The summed E-state index contributed by atoms with van der Waals surface area (Å²) in [5, 5.41) is 6.92. The molecule has 0 bridgehead atoms. The maximum Gasteiger partial charge on any atom is 0.0362 e. The molecule has 3 heteroatoms. The molecule has 0 aromatic heterocycles. The third kappa shape index (κ3) is 4.93. The van der Waals surface area contributed by atoms with Gasteiger partial charge in [0.25, 0.3) is 0 Å². The van der Waals surface area contributed by atoms with Crippen molar-refractivity contribution in [3.05, 3.63) is 35.4 Å². The van der Waals surface area contributed by atoms with Gasteiger partial charge in [0.15, 0.2) is 0 Å². The molecule has 1 aromatic carbocycles. The van der Waals surface area contributed by atoms with E-state index in [4.69, 9.17) is 11.1 Å². The van der Waals surface area contributed by atoms with Crippen molar-refractivity contribution in [2.45, 2.75) is 6.92 Å². The molecule has 1 rings (SSSR count). The molecule has 0 radical (unpaired) electrons. The predicted molar refractivity (Wildman–Crippen MR) is 57.1 cm³/mol. The second kappa shape index (κ2) is 6.88. The molecular formula is C9H14N2S. The van der Waals surface area contributed by atoms with Crippen LogP contribution < -0.4 is 5.73 Å². The largest absolute Gasteiger partial charge is 0.322 e. The van der Waals surface area contributed by atoms with Crippen molar-refractivity contribution in [3.63, 3.8) is 0 Å². The average Bonchev–Trinajstić information content (AvgIpc) is 2.06. The Kier molecular flexibility index (Phi) is 6.42. The Morgan fingerprint density at radius 3 is 2.50 bits per heavy atom. The first-order chi connectivity index (χ1) is 5.74. The molecule has 0 heterocycles. The zero-order valence-corrected chi connectivity index (χ0v) is 8.01.